The molecule has 106 valence electrons. The Hall–Kier alpha value is -0.320. The molecule has 0 bridgehead atoms. The fourth-order valence-corrected chi connectivity index (χ4v) is 2.86. The number of halogens is 1. The van der Waals surface area contributed by atoms with E-state index in [1.54, 1.807) is 0 Å². The van der Waals surface area contributed by atoms with Crippen LogP contribution in [-0.4, -0.2) is 42.6 Å². The fraction of sp³-hybridized carbons (Fsp3) is 0.923. The number of piperidine rings is 1. The Morgan fingerprint density at radius 2 is 2.17 bits per heavy atom. The van der Waals surface area contributed by atoms with Gasteiger partial charge >= 0.3 is 0 Å². The maximum Gasteiger partial charge on any atom is 0.251 e. The largest absolute Gasteiger partial charge is 0.364 e. The van der Waals surface area contributed by atoms with Crippen LogP contribution in [0.15, 0.2) is 0 Å². The second-order valence-corrected chi connectivity index (χ2v) is 5.26. The van der Waals surface area contributed by atoms with Gasteiger partial charge in [0, 0.05) is 19.6 Å². The summed E-state index contributed by atoms with van der Waals surface area (Å²) in [6.07, 6.45) is 5.20. The summed E-state index contributed by atoms with van der Waals surface area (Å²) >= 11 is 0. The molecule has 0 aliphatic carbocycles. The van der Waals surface area contributed by atoms with Gasteiger partial charge in [-0.05, 0) is 31.6 Å². The molecule has 0 spiro atoms. The molecule has 2 saturated heterocycles. The van der Waals surface area contributed by atoms with Gasteiger partial charge in [-0.1, -0.05) is 13.3 Å². The molecule has 1 unspecified atom stereocenters. The van der Waals surface area contributed by atoms with E-state index in [4.69, 9.17) is 10.5 Å². The number of amides is 1. The third-order valence-electron chi connectivity index (χ3n) is 4.05. The van der Waals surface area contributed by atoms with Crippen LogP contribution in [0.5, 0.6) is 0 Å². The van der Waals surface area contributed by atoms with Gasteiger partial charge in [-0.15, -0.1) is 12.4 Å². The van der Waals surface area contributed by atoms with Gasteiger partial charge in [-0.2, -0.15) is 0 Å². The van der Waals surface area contributed by atoms with Gasteiger partial charge in [0.25, 0.3) is 5.91 Å². The van der Waals surface area contributed by atoms with Crippen LogP contribution in [0.1, 0.15) is 39.0 Å². The van der Waals surface area contributed by atoms with E-state index in [0.29, 0.717) is 12.5 Å². The molecule has 1 amide bonds. The highest BCUT2D eigenvalue weighted by atomic mass is 35.5. The van der Waals surface area contributed by atoms with Crippen molar-refractivity contribution in [2.45, 2.75) is 51.2 Å². The van der Waals surface area contributed by atoms with Gasteiger partial charge in [0.15, 0.2) is 0 Å². The van der Waals surface area contributed by atoms with E-state index >= 15 is 0 Å². The van der Waals surface area contributed by atoms with Crippen molar-refractivity contribution in [2.24, 2.45) is 11.7 Å². The van der Waals surface area contributed by atoms with Crippen molar-refractivity contribution < 1.29 is 9.53 Å². The van der Waals surface area contributed by atoms with Crippen molar-refractivity contribution in [3.63, 3.8) is 0 Å². The number of carbonyl (C=O) groups is 1. The number of hydrogen-bond donors (Lipinski definition) is 1. The molecule has 0 saturated carbocycles. The second-order valence-electron chi connectivity index (χ2n) is 5.26. The molecule has 2 fully saturated rings. The lowest BCUT2D eigenvalue weighted by Crippen LogP contribution is -2.45. The molecule has 2 aliphatic rings. The van der Waals surface area contributed by atoms with Gasteiger partial charge < -0.3 is 15.4 Å². The Balaban J connectivity index is 0.00000162. The summed E-state index contributed by atoms with van der Waals surface area (Å²) in [4.78, 5) is 14.3. The number of nitrogens with zero attached hydrogens (tertiary/aromatic N) is 1. The van der Waals surface area contributed by atoms with Crippen LogP contribution in [0.4, 0.5) is 0 Å². The number of hydrogen-bond acceptors (Lipinski definition) is 3. The molecule has 0 radical (unpaired) electrons. The molecule has 0 aromatic carbocycles. The molecule has 18 heavy (non-hydrogen) atoms. The van der Waals surface area contributed by atoms with E-state index in [1.807, 2.05) is 4.90 Å². The first-order chi connectivity index (χ1) is 8.24. The third kappa shape index (κ3) is 3.59. The minimum atomic E-state index is -0.223. The number of likely N-dealkylation sites (tertiary alicyclic amines) is 1. The summed E-state index contributed by atoms with van der Waals surface area (Å²) < 4.78 is 5.68. The standard InChI is InChI=1S/C13H24N2O2.ClH/c1-2-10-4-3-7-15(9-10)13(16)12-6-5-11(8-14)17-12;/h10-12H,2-9,14H2,1H3;1H/t10?,11-,12+;/m1./s1. The highest BCUT2D eigenvalue weighted by molar-refractivity contribution is 5.85. The van der Waals surface area contributed by atoms with Crippen LogP contribution in [0.3, 0.4) is 0 Å². The Morgan fingerprint density at radius 3 is 2.78 bits per heavy atom. The lowest BCUT2D eigenvalue weighted by atomic mass is 9.95. The number of carbonyl (C=O) groups excluding carboxylic acids is 1. The summed E-state index contributed by atoms with van der Waals surface area (Å²) in [7, 11) is 0. The number of ether oxygens (including phenoxy) is 1. The predicted octanol–water partition coefficient (Wildman–Crippen LogP) is 1.56. The molecule has 2 heterocycles. The van der Waals surface area contributed by atoms with Gasteiger partial charge in [0.2, 0.25) is 0 Å². The van der Waals surface area contributed by atoms with Crippen molar-refractivity contribution in [2.75, 3.05) is 19.6 Å². The summed E-state index contributed by atoms with van der Waals surface area (Å²) in [6, 6.07) is 0. The topological polar surface area (TPSA) is 55.6 Å². The van der Waals surface area contributed by atoms with E-state index in [1.165, 1.54) is 12.8 Å². The second kappa shape index (κ2) is 7.31. The Labute approximate surface area is 116 Å². The Kier molecular flexibility index (Phi) is 6.39. The molecular formula is C13H25ClN2O2. The monoisotopic (exact) mass is 276 g/mol. The Morgan fingerprint density at radius 1 is 1.39 bits per heavy atom. The van der Waals surface area contributed by atoms with Crippen LogP contribution in [0, 0.1) is 5.92 Å². The average Bonchev–Trinajstić information content (AvgIpc) is 2.86. The third-order valence-corrected chi connectivity index (χ3v) is 4.05. The van der Waals surface area contributed by atoms with Crippen molar-refractivity contribution >= 4 is 18.3 Å². The molecule has 2 aliphatic heterocycles. The van der Waals surface area contributed by atoms with Crippen LogP contribution in [0.25, 0.3) is 0 Å². The van der Waals surface area contributed by atoms with Gasteiger partial charge in [-0.25, -0.2) is 0 Å². The van der Waals surface area contributed by atoms with Gasteiger partial charge in [0.1, 0.15) is 6.10 Å². The molecule has 5 heteroatoms. The smallest absolute Gasteiger partial charge is 0.251 e. The minimum Gasteiger partial charge on any atom is -0.364 e. The minimum absolute atomic E-state index is 0. The average molecular weight is 277 g/mol. The lowest BCUT2D eigenvalue weighted by molar-refractivity contribution is -0.144. The first-order valence-electron chi connectivity index (χ1n) is 6.89. The van der Waals surface area contributed by atoms with Crippen molar-refractivity contribution in [1.29, 1.82) is 0 Å². The Bertz CT molecular complexity index is 276. The molecule has 0 aromatic rings. The quantitative estimate of drug-likeness (QED) is 0.851. The molecule has 2 N–H and O–H groups in total. The number of rotatable bonds is 3. The fourth-order valence-electron chi connectivity index (χ4n) is 2.86. The summed E-state index contributed by atoms with van der Waals surface area (Å²) in [5.41, 5.74) is 5.57. The zero-order valence-electron chi connectivity index (χ0n) is 11.1. The SMILES string of the molecule is CCC1CCCN(C(=O)[C@@H]2CC[C@H](CN)O2)C1.Cl. The predicted molar refractivity (Wildman–Crippen MR) is 73.8 cm³/mol. The highest BCUT2D eigenvalue weighted by Gasteiger charge is 2.34. The maximum absolute atomic E-state index is 12.3. The van der Waals surface area contributed by atoms with Crippen LogP contribution in [-0.2, 0) is 9.53 Å². The zero-order valence-corrected chi connectivity index (χ0v) is 12.0. The normalized spacial score (nSPS) is 32.1. The van der Waals surface area contributed by atoms with Crippen LogP contribution in [0.2, 0.25) is 0 Å². The van der Waals surface area contributed by atoms with Crippen LogP contribution >= 0.6 is 12.4 Å². The van der Waals surface area contributed by atoms with E-state index < -0.39 is 0 Å². The van der Waals surface area contributed by atoms with Crippen molar-refractivity contribution in [1.82, 2.24) is 4.90 Å². The van der Waals surface area contributed by atoms with Gasteiger partial charge in [0.05, 0.1) is 6.10 Å². The van der Waals surface area contributed by atoms with Gasteiger partial charge in [-0.3, -0.25) is 4.79 Å². The summed E-state index contributed by atoms with van der Waals surface area (Å²) in [5, 5.41) is 0. The molecule has 0 aromatic heterocycles. The summed E-state index contributed by atoms with van der Waals surface area (Å²) in [5.74, 6) is 0.874. The number of nitrogens with two attached hydrogens (primary N) is 1. The first kappa shape index (κ1) is 15.7. The zero-order chi connectivity index (χ0) is 12.3. The molecule has 3 atom stereocenters. The molecule has 4 nitrogen and oxygen atoms in total. The molecular weight excluding hydrogens is 252 g/mol. The maximum atomic E-state index is 12.3. The van der Waals surface area contributed by atoms with E-state index in [0.717, 1.165) is 32.4 Å². The van der Waals surface area contributed by atoms with Crippen molar-refractivity contribution in [3.8, 4) is 0 Å². The van der Waals surface area contributed by atoms with E-state index in [2.05, 4.69) is 6.92 Å². The summed E-state index contributed by atoms with van der Waals surface area (Å²) in [6.45, 7) is 4.56. The molecule has 2 rings (SSSR count). The highest BCUT2D eigenvalue weighted by Crippen LogP contribution is 2.24. The lowest BCUT2D eigenvalue weighted by Gasteiger charge is -2.33. The van der Waals surface area contributed by atoms with E-state index in [-0.39, 0.29) is 30.5 Å². The van der Waals surface area contributed by atoms with Crippen molar-refractivity contribution in [3.05, 3.63) is 0 Å². The van der Waals surface area contributed by atoms with E-state index in [9.17, 15) is 4.79 Å². The van der Waals surface area contributed by atoms with Crippen LogP contribution < -0.4 is 5.73 Å². The first-order valence-corrected chi connectivity index (χ1v) is 6.89.